The highest BCUT2D eigenvalue weighted by Gasteiger charge is 2.38. The lowest BCUT2D eigenvalue weighted by Gasteiger charge is -2.32. The molecule has 0 atom stereocenters. The Morgan fingerprint density at radius 3 is 2.49 bits per heavy atom. The fraction of sp³-hybridized carbons (Fsp3) is 0.435. The fourth-order valence-electron chi connectivity index (χ4n) is 4.52. The molecule has 0 bridgehead atoms. The minimum absolute atomic E-state index is 0.00130. The van der Waals surface area contributed by atoms with Crippen molar-refractivity contribution in [1.29, 1.82) is 0 Å². The third kappa shape index (κ3) is 4.77. The number of nitrogens with zero attached hydrogens (tertiary/aromatic N) is 6. The van der Waals surface area contributed by atoms with Crippen LogP contribution in [0.2, 0.25) is 0 Å². The van der Waals surface area contributed by atoms with E-state index in [1.54, 1.807) is 15.9 Å². The quantitative estimate of drug-likeness (QED) is 0.521. The third-order valence-corrected chi connectivity index (χ3v) is 6.48. The molecule has 1 amide bonds. The molecule has 0 unspecified atom stereocenters. The zero-order valence-corrected chi connectivity index (χ0v) is 18.7. The van der Waals surface area contributed by atoms with Crippen molar-refractivity contribution in [3.05, 3.63) is 53.3 Å². The monoisotopic (exact) mass is 488 g/mol. The van der Waals surface area contributed by atoms with Gasteiger partial charge in [-0.2, -0.15) is 17.7 Å². The summed E-state index contributed by atoms with van der Waals surface area (Å²) in [7, 11) is 0. The van der Waals surface area contributed by atoms with E-state index in [4.69, 9.17) is 4.74 Å². The number of carbonyl (C=O) groups is 2. The average molecular weight is 488 g/mol. The minimum atomic E-state index is -4.67. The van der Waals surface area contributed by atoms with Gasteiger partial charge < -0.3 is 14.5 Å². The number of carbonyl (C=O) groups excluding carboxylic acids is 2. The highest BCUT2D eigenvalue weighted by atomic mass is 19.4. The van der Waals surface area contributed by atoms with Crippen LogP contribution in [-0.4, -0.2) is 62.8 Å². The molecule has 0 N–H and O–H groups in total. The maximum Gasteiger partial charge on any atom is 0.453 e. The molecule has 1 saturated heterocycles. The van der Waals surface area contributed by atoms with Gasteiger partial charge in [-0.05, 0) is 42.5 Å². The number of aromatic nitrogens is 4. The Hall–Kier alpha value is -3.70. The lowest BCUT2D eigenvalue weighted by Crippen LogP contribution is -2.40. The first-order chi connectivity index (χ1) is 16.8. The average Bonchev–Trinajstić information content (AvgIpc) is 3.31. The first-order valence-electron chi connectivity index (χ1n) is 11.4. The van der Waals surface area contributed by atoms with E-state index >= 15 is 0 Å². The van der Waals surface area contributed by atoms with Crippen LogP contribution in [0.4, 0.5) is 19.0 Å². The van der Waals surface area contributed by atoms with E-state index in [1.165, 1.54) is 11.6 Å². The Balaban J connectivity index is 1.14. The van der Waals surface area contributed by atoms with Crippen molar-refractivity contribution in [2.45, 2.75) is 32.0 Å². The van der Waals surface area contributed by atoms with Crippen LogP contribution in [0.1, 0.15) is 29.8 Å². The number of piperidine rings is 1. The molecule has 35 heavy (non-hydrogen) atoms. The highest BCUT2D eigenvalue weighted by molar-refractivity contribution is 5.81. The van der Waals surface area contributed by atoms with Gasteiger partial charge in [0, 0.05) is 26.2 Å². The molecule has 2 aliphatic heterocycles. The number of rotatable bonds is 4. The molecule has 9 nitrogen and oxygen atoms in total. The van der Waals surface area contributed by atoms with Crippen molar-refractivity contribution in [1.82, 2.24) is 24.7 Å². The van der Waals surface area contributed by atoms with E-state index < -0.39 is 18.0 Å². The Bertz CT molecular complexity index is 1250. The van der Waals surface area contributed by atoms with E-state index in [0.717, 1.165) is 12.0 Å². The van der Waals surface area contributed by atoms with Gasteiger partial charge in [0.1, 0.15) is 5.82 Å². The van der Waals surface area contributed by atoms with Crippen molar-refractivity contribution in [2.24, 2.45) is 5.92 Å². The van der Waals surface area contributed by atoms with Gasteiger partial charge in [-0.15, -0.1) is 15.3 Å². The number of amides is 1. The number of hydrogen-bond acceptors (Lipinski definition) is 7. The SMILES string of the molecule is O=C(OCC(=O)N1CCc2ccccc2C1)C1CCN(c2ccc3nnc(C(F)(F)F)n3n2)CC1. The van der Waals surface area contributed by atoms with E-state index in [-0.39, 0.29) is 24.1 Å². The summed E-state index contributed by atoms with van der Waals surface area (Å²) in [6.45, 7) is 1.63. The Kier molecular flexibility index (Phi) is 6.03. The van der Waals surface area contributed by atoms with Crippen LogP contribution in [0, 0.1) is 5.92 Å². The van der Waals surface area contributed by atoms with Gasteiger partial charge >= 0.3 is 12.1 Å². The van der Waals surface area contributed by atoms with Crippen LogP contribution in [0.5, 0.6) is 0 Å². The minimum Gasteiger partial charge on any atom is -0.455 e. The number of esters is 1. The number of benzene rings is 1. The van der Waals surface area contributed by atoms with Gasteiger partial charge in [0.25, 0.3) is 11.7 Å². The molecular formula is C23H23F3N6O3. The molecule has 3 aromatic rings. The highest BCUT2D eigenvalue weighted by Crippen LogP contribution is 2.29. The molecule has 1 fully saturated rings. The van der Waals surface area contributed by atoms with Crippen LogP contribution >= 0.6 is 0 Å². The number of alkyl halides is 3. The molecule has 5 rings (SSSR count). The number of hydrogen-bond donors (Lipinski definition) is 0. The van der Waals surface area contributed by atoms with Gasteiger partial charge in [-0.25, -0.2) is 0 Å². The second kappa shape index (κ2) is 9.16. The van der Waals surface area contributed by atoms with Crippen molar-refractivity contribution in [3.63, 3.8) is 0 Å². The molecule has 1 aromatic carbocycles. The maximum atomic E-state index is 13.1. The number of fused-ring (bicyclic) bond motifs is 2. The Morgan fingerprint density at radius 1 is 1.00 bits per heavy atom. The Morgan fingerprint density at radius 2 is 1.74 bits per heavy atom. The first-order valence-corrected chi connectivity index (χ1v) is 11.4. The molecule has 0 aliphatic carbocycles. The smallest absolute Gasteiger partial charge is 0.453 e. The van der Waals surface area contributed by atoms with Crippen LogP contribution in [-0.2, 0) is 33.5 Å². The van der Waals surface area contributed by atoms with Gasteiger partial charge in [-0.1, -0.05) is 24.3 Å². The zero-order valence-electron chi connectivity index (χ0n) is 18.7. The van der Waals surface area contributed by atoms with Gasteiger partial charge in [0.15, 0.2) is 12.3 Å². The van der Waals surface area contributed by atoms with Crippen LogP contribution < -0.4 is 4.90 Å². The molecule has 4 heterocycles. The largest absolute Gasteiger partial charge is 0.455 e. The van der Waals surface area contributed by atoms with Crippen LogP contribution in [0.15, 0.2) is 36.4 Å². The standard InChI is InChI=1S/C23H23F3N6O3/c24-23(25,26)22-28-27-18-5-6-19(29-32(18)22)30-10-8-16(9-11-30)21(34)35-14-20(33)31-12-7-15-3-1-2-4-17(15)13-31/h1-6,16H,7-14H2. The van der Waals surface area contributed by atoms with Gasteiger partial charge in [-0.3, -0.25) is 9.59 Å². The number of halogens is 3. The van der Waals surface area contributed by atoms with Crippen LogP contribution in [0.3, 0.4) is 0 Å². The summed E-state index contributed by atoms with van der Waals surface area (Å²) in [4.78, 5) is 28.6. The second-order valence-corrected chi connectivity index (χ2v) is 8.69. The van der Waals surface area contributed by atoms with E-state index in [0.29, 0.717) is 49.4 Å². The van der Waals surface area contributed by atoms with Gasteiger partial charge in [0.05, 0.1) is 5.92 Å². The molecule has 184 valence electrons. The summed E-state index contributed by atoms with van der Waals surface area (Å²) >= 11 is 0. The van der Waals surface area contributed by atoms with Crippen molar-refractivity contribution in [2.75, 3.05) is 31.1 Å². The molecule has 12 heteroatoms. The van der Waals surface area contributed by atoms with Gasteiger partial charge in [0.2, 0.25) is 0 Å². The Labute approximate surface area is 198 Å². The predicted octanol–water partition coefficient (Wildman–Crippen LogP) is 2.49. The summed E-state index contributed by atoms with van der Waals surface area (Å²) in [6.07, 6.45) is -3.01. The van der Waals surface area contributed by atoms with E-state index in [1.807, 2.05) is 18.2 Å². The molecule has 2 aromatic heterocycles. The summed E-state index contributed by atoms with van der Waals surface area (Å²) in [5, 5.41) is 10.7. The summed E-state index contributed by atoms with van der Waals surface area (Å²) in [5.41, 5.74) is 2.33. The summed E-state index contributed by atoms with van der Waals surface area (Å²) in [5.74, 6) is -1.88. The van der Waals surface area contributed by atoms with E-state index in [2.05, 4.69) is 21.4 Å². The topological polar surface area (TPSA) is 92.9 Å². The molecule has 0 saturated carbocycles. The number of anilines is 1. The molecule has 2 aliphatic rings. The number of ether oxygens (including phenoxy) is 1. The van der Waals surface area contributed by atoms with Crippen molar-refractivity contribution in [3.8, 4) is 0 Å². The first kappa shape index (κ1) is 23.1. The third-order valence-electron chi connectivity index (χ3n) is 6.48. The fourth-order valence-corrected chi connectivity index (χ4v) is 4.52. The van der Waals surface area contributed by atoms with Crippen molar-refractivity contribution < 1.29 is 27.5 Å². The summed E-state index contributed by atoms with van der Waals surface area (Å²) in [6, 6.07) is 11.0. The van der Waals surface area contributed by atoms with Crippen molar-refractivity contribution >= 4 is 23.3 Å². The van der Waals surface area contributed by atoms with E-state index in [9.17, 15) is 22.8 Å². The zero-order chi connectivity index (χ0) is 24.6. The summed E-state index contributed by atoms with van der Waals surface area (Å²) < 4.78 is 45.4. The second-order valence-electron chi connectivity index (χ2n) is 8.69. The lowest BCUT2D eigenvalue weighted by atomic mass is 9.97. The molecular weight excluding hydrogens is 465 g/mol. The maximum absolute atomic E-state index is 13.1. The lowest BCUT2D eigenvalue weighted by molar-refractivity contribution is -0.156. The predicted molar refractivity (Wildman–Crippen MR) is 117 cm³/mol. The van der Waals surface area contributed by atoms with Crippen LogP contribution in [0.25, 0.3) is 5.65 Å². The normalized spacial score (nSPS) is 16.9. The molecule has 0 radical (unpaired) electrons. The molecule has 0 spiro atoms.